The standard InChI is InChI=1S/C20H22Cl2N2O/c21-18-10-5-15(13-19(18)22)14-20(25)23-16-6-8-17(9-7-16)24-11-3-1-2-4-12-24/h5-10,13H,1-4,11-12,14H2,(H,23,25). The van der Waals surface area contributed by atoms with Gasteiger partial charge in [-0.3, -0.25) is 4.79 Å². The van der Waals surface area contributed by atoms with Gasteiger partial charge >= 0.3 is 0 Å². The number of amides is 1. The number of benzene rings is 2. The molecule has 0 atom stereocenters. The zero-order chi connectivity index (χ0) is 17.6. The lowest BCUT2D eigenvalue weighted by molar-refractivity contribution is -0.115. The van der Waals surface area contributed by atoms with Gasteiger partial charge in [-0.25, -0.2) is 0 Å². The average molecular weight is 377 g/mol. The van der Waals surface area contributed by atoms with Gasteiger partial charge in [0.25, 0.3) is 0 Å². The maximum absolute atomic E-state index is 12.2. The van der Waals surface area contributed by atoms with E-state index in [1.54, 1.807) is 12.1 Å². The Hall–Kier alpha value is -1.71. The van der Waals surface area contributed by atoms with E-state index in [4.69, 9.17) is 23.2 Å². The Bertz CT molecular complexity index is 723. The van der Waals surface area contributed by atoms with Gasteiger partial charge in [-0.2, -0.15) is 0 Å². The Morgan fingerprint density at radius 1 is 0.920 bits per heavy atom. The first-order valence-electron chi connectivity index (χ1n) is 8.70. The van der Waals surface area contributed by atoms with Crippen LogP contribution in [0.5, 0.6) is 0 Å². The molecule has 5 heteroatoms. The molecule has 1 N–H and O–H groups in total. The second-order valence-corrected chi connectivity index (χ2v) is 7.24. The first-order valence-corrected chi connectivity index (χ1v) is 9.46. The number of anilines is 2. The molecule has 1 saturated heterocycles. The summed E-state index contributed by atoms with van der Waals surface area (Å²) in [6, 6.07) is 13.4. The number of carbonyl (C=O) groups excluding carboxylic acids is 1. The number of hydrogen-bond donors (Lipinski definition) is 1. The average Bonchev–Trinajstić information content (AvgIpc) is 2.88. The summed E-state index contributed by atoms with van der Waals surface area (Å²) >= 11 is 11.9. The Balaban J connectivity index is 1.58. The van der Waals surface area contributed by atoms with Crippen LogP contribution in [0, 0.1) is 0 Å². The van der Waals surface area contributed by atoms with Crippen LogP contribution in [0.3, 0.4) is 0 Å². The van der Waals surface area contributed by atoms with Crippen LogP contribution in [0.25, 0.3) is 0 Å². The van der Waals surface area contributed by atoms with E-state index in [2.05, 4.69) is 22.3 Å². The van der Waals surface area contributed by atoms with Crippen LogP contribution in [0.1, 0.15) is 31.2 Å². The number of nitrogens with one attached hydrogen (secondary N) is 1. The van der Waals surface area contributed by atoms with E-state index in [1.165, 1.54) is 31.4 Å². The van der Waals surface area contributed by atoms with E-state index >= 15 is 0 Å². The molecular weight excluding hydrogens is 355 g/mol. The van der Waals surface area contributed by atoms with Crippen molar-refractivity contribution in [2.24, 2.45) is 0 Å². The van der Waals surface area contributed by atoms with E-state index in [0.29, 0.717) is 10.0 Å². The van der Waals surface area contributed by atoms with Crippen LogP contribution in [0.15, 0.2) is 42.5 Å². The molecule has 1 aliphatic rings. The van der Waals surface area contributed by atoms with Crippen LogP contribution < -0.4 is 10.2 Å². The highest BCUT2D eigenvalue weighted by atomic mass is 35.5. The molecule has 1 fully saturated rings. The Morgan fingerprint density at radius 2 is 1.60 bits per heavy atom. The molecule has 3 rings (SSSR count). The van der Waals surface area contributed by atoms with Gasteiger partial charge in [-0.05, 0) is 54.8 Å². The molecule has 2 aromatic rings. The minimum Gasteiger partial charge on any atom is -0.372 e. The van der Waals surface area contributed by atoms with Crippen molar-refractivity contribution in [3.05, 3.63) is 58.1 Å². The fourth-order valence-corrected chi connectivity index (χ4v) is 3.45. The van der Waals surface area contributed by atoms with Crippen molar-refractivity contribution in [3.8, 4) is 0 Å². The molecule has 25 heavy (non-hydrogen) atoms. The van der Waals surface area contributed by atoms with Crippen LogP contribution in [-0.2, 0) is 11.2 Å². The largest absolute Gasteiger partial charge is 0.372 e. The van der Waals surface area contributed by atoms with Gasteiger partial charge in [-0.1, -0.05) is 42.1 Å². The molecule has 0 unspecified atom stereocenters. The molecule has 0 spiro atoms. The first-order chi connectivity index (χ1) is 12.1. The van der Waals surface area contributed by atoms with Crippen molar-refractivity contribution in [2.45, 2.75) is 32.1 Å². The van der Waals surface area contributed by atoms with Gasteiger partial charge < -0.3 is 10.2 Å². The lowest BCUT2D eigenvalue weighted by atomic mass is 10.1. The third-order valence-electron chi connectivity index (χ3n) is 4.47. The molecule has 0 radical (unpaired) electrons. The Labute approximate surface area is 158 Å². The number of halogens is 2. The van der Waals surface area contributed by atoms with Gasteiger partial charge in [0.15, 0.2) is 0 Å². The summed E-state index contributed by atoms with van der Waals surface area (Å²) in [5.41, 5.74) is 2.88. The van der Waals surface area contributed by atoms with Crippen LogP contribution in [0.4, 0.5) is 11.4 Å². The fourth-order valence-electron chi connectivity index (χ4n) is 3.12. The molecule has 3 nitrogen and oxygen atoms in total. The smallest absolute Gasteiger partial charge is 0.228 e. The lowest BCUT2D eigenvalue weighted by Gasteiger charge is -2.22. The van der Waals surface area contributed by atoms with E-state index in [1.807, 2.05) is 18.2 Å². The minimum absolute atomic E-state index is 0.0686. The molecule has 0 aromatic heterocycles. The van der Waals surface area contributed by atoms with E-state index in [0.717, 1.165) is 24.3 Å². The predicted molar refractivity (Wildman–Crippen MR) is 106 cm³/mol. The molecule has 132 valence electrons. The molecule has 1 aliphatic heterocycles. The highest BCUT2D eigenvalue weighted by molar-refractivity contribution is 6.42. The fraction of sp³-hybridized carbons (Fsp3) is 0.350. The second-order valence-electron chi connectivity index (χ2n) is 6.42. The van der Waals surface area contributed by atoms with Crippen molar-refractivity contribution in [3.63, 3.8) is 0 Å². The minimum atomic E-state index is -0.0686. The molecular formula is C20H22Cl2N2O. The zero-order valence-electron chi connectivity index (χ0n) is 14.1. The van der Waals surface area contributed by atoms with E-state index in [-0.39, 0.29) is 12.3 Å². The summed E-state index contributed by atoms with van der Waals surface area (Å²) in [5, 5.41) is 3.90. The summed E-state index contributed by atoms with van der Waals surface area (Å²) in [4.78, 5) is 14.6. The number of rotatable bonds is 4. The number of carbonyl (C=O) groups is 1. The molecule has 0 aliphatic carbocycles. The van der Waals surface area contributed by atoms with Crippen molar-refractivity contribution in [1.29, 1.82) is 0 Å². The SMILES string of the molecule is O=C(Cc1ccc(Cl)c(Cl)c1)Nc1ccc(N2CCCCCC2)cc1. The predicted octanol–water partition coefficient (Wildman–Crippen LogP) is 5.56. The molecule has 2 aromatic carbocycles. The molecule has 1 amide bonds. The van der Waals surface area contributed by atoms with Crippen LogP contribution in [0.2, 0.25) is 10.0 Å². The van der Waals surface area contributed by atoms with Gasteiger partial charge in [0.1, 0.15) is 0 Å². The van der Waals surface area contributed by atoms with Crippen molar-refractivity contribution < 1.29 is 4.79 Å². The van der Waals surface area contributed by atoms with Gasteiger partial charge in [0, 0.05) is 24.5 Å². The Morgan fingerprint density at radius 3 is 2.24 bits per heavy atom. The number of nitrogens with zero attached hydrogens (tertiary/aromatic N) is 1. The quantitative estimate of drug-likeness (QED) is 0.757. The molecule has 0 saturated carbocycles. The molecule has 1 heterocycles. The van der Waals surface area contributed by atoms with Gasteiger partial charge in [0.05, 0.1) is 16.5 Å². The normalized spacial score (nSPS) is 14.9. The highest BCUT2D eigenvalue weighted by Crippen LogP contribution is 2.24. The first kappa shape index (κ1) is 18.1. The van der Waals surface area contributed by atoms with Crippen molar-refractivity contribution in [1.82, 2.24) is 0 Å². The topological polar surface area (TPSA) is 32.3 Å². The van der Waals surface area contributed by atoms with Crippen LogP contribution >= 0.6 is 23.2 Å². The zero-order valence-corrected chi connectivity index (χ0v) is 15.6. The molecule has 0 bridgehead atoms. The maximum Gasteiger partial charge on any atom is 0.228 e. The van der Waals surface area contributed by atoms with E-state index in [9.17, 15) is 4.79 Å². The Kier molecular flexibility index (Phi) is 6.22. The summed E-state index contributed by atoms with van der Waals surface area (Å²) < 4.78 is 0. The summed E-state index contributed by atoms with van der Waals surface area (Å²) in [5.74, 6) is -0.0686. The summed E-state index contributed by atoms with van der Waals surface area (Å²) in [7, 11) is 0. The monoisotopic (exact) mass is 376 g/mol. The van der Waals surface area contributed by atoms with Crippen molar-refractivity contribution in [2.75, 3.05) is 23.3 Å². The summed E-state index contributed by atoms with van der Waals surface area (Å²) in [6.07, 6.45) is 5.41. The van der Waals surface area contributed by atoms with Gasteiger partial charge in [0.2, 0.25) is 5.91 Å². The van der Waals surface area contributed by atoms with Crippen LogP contribution in [-0.4, -0.2) is 19.0 Å². The van der Waals surface area contributed by atoms with Gasteiger partial charge in [-0.15, -0.1) is 0 Å². The highest BCUT2D eigenvalue weighted by Gasteiger charge is 2.10. The van der Waals surface area contributed by atoms with Crippen molar-refractivity contribution >= 4 is 40.5 Å². The lowest BCUT2D eigenvalue weighted by Crippen LogP contribution is -2.23. The maximum atomic E-state index is 12.2. The van der Waals surface area contributed by atoms with E-state index < -0.39 is 0 Å². The number of hydrogen-bond acceptors (Lipinski definition) is 2. The second kappa shape index (κ2) is 8.59. The third-order valence-corrected chi connectivity index (χ3v) is 5.21. The summed E-state index contributed by atoms with van der Waals surface area (Å²) in [6.45, 7) is 2.23. The third kappa shape index (κ3) is 5.13.